The molecular formula is C77H142O6. The lowest BCUT2D eigenvalue weighted by molar-refractivity contribution is -0.167. The van der Waals surface area contributed by atoms with E-state index >= 15 is 0 Å². The highest BCUT2D eigenvalue weighted by Crippen LogP contribution is 2.18. The van der Waals surface area contributed by atoms with Crippen LogP contribution in [0.2, 0.25) is 0 Å². The first-order chi connectivity index (χ1) is 41.0. The summed E-state index contributed by atoms with van der Waals surface area (Å²) in [5, 5.41) is 0. The Bertz CT molecular complexity index is 1430. The molecule has 1 atom stereocenters. The number of ether oxygens (including phenoxy) is 3. The van der Waals surface area contributed by atoms with Crippen molar-refractivity contribution < 1.29 is 28.6 Å². The Labute approximate surface area is 518 Å². The monoisotopic (exact) mass is 1160 g/mol. The number of hydrogen-bond donors (Lipinski definition) is 0. The summed E-state index contributed by atoms with van der Waals surface area (Å²) in [4.78, 5) is 38.4. The third kappa shape index (κ3) is 70.0. The number of unbranched alkanes of at least 4 members (excludes halogenated alkanes) is 50. The average Bonchev–Trinajstić information content (AvgIpc) is 3.50. The van der Waals surface area contributed by atoms with Crippen LogP contribution >= 0.6 is 0 Å². The first-order valence-corrected chi connectivity index (χ1v) is 37.1. The van der Waals surface area contributed by atoms with Gasteiger partial charge in [0.2, 0.25) is 0 Å². The van der Waals surface area contributed by atoms with Crippen molar-refractivity contribution in [3.63, 3.8) is 0 Å². The fourth-order valence-electron chi connectivity index (χ4n) is 11.2. The standard InChI is InChI=1S/C77H142O6/c1-4-7-10-13-16-19-22-25-28-31-32-33-34-35-36-37-38-39-40-41-42-43-44-45-46-47-50-52-55-58-61-64-67-70-76(79)82-73-74(83-77(80)71-68-65-62-59-56-53-49-30-27-24-21-18-15-12-9-6-3)72-81-75(78)69-66-63-60-57-54-51-48-29-26-23-20-17-14-11-8-5-2/h21,24,29-32,48-49,74H,4-20,22-23,25-28,33-47,50-73H2,1-3H3/b24-21-,32-31-,48-29-,49-30-. The molecule has 6 nitrogen and oxygen atoms in total. The van der Waals surface area contributed by atoms with Gasteiger partial charge in [-0.25, -0.2) is 0 Å². The van der Waals surface area contributed by atoms with E-state index in [-0.39, 0.29) is 31.1 Å². The molecule has 0 aromatic rings. The maximum atomic E-state index is 12.9. The van der Waals surface area contributed by atoms with Crippen molar-refractivity contribution in [1.82, 2.24) is 0 Å². The molecule has 0 aliphatic heterocycles. The van der Waals surface area contributed by atoms with Crippen LogP contribution in [-0.4, -0.2) is 37.2 Å². The van der Waals surface area contributed by atoms with Crippen LogP contribution in [0.25, 0.3) is 0 Å². The minimum atomic E-state index is -0.784. The average molecular weight is 1160 g/mol. The topological polar surface area (TPSA) is 78.9 Å². The molecule has 0 N–H and O–H groups in total. The van der Waals surface area contributed by atoms with Gasteiger partial charge in [0, 0.05) is 19.3 Å². The molecule has 0 radical (unpaired) electrons. The van der Waals surface area contributed by atoms with Crippen molar-refractivity contribution in [3.05, 3.63) is 48.6 Å². The van der Waals surface area contributed by atoms with Crippen molar-refractivity contribution in [2.75, 3.05) is 13.2 Å². The van der Waals surface area contributed by atoms with E-state index in [1.54, 1.807) is 0 Å². The van der Waals surface area contributed by atoms with Gasteiger partial charge in [0.05, 0.1) is 0 Å². The molecule has 0 rings (SSSR count). The van der Waals surface area contributed by atoms with E-state index in [0.717, 1.165) is 89.9 Å². The van der Waals surface area contributed by atoms with Gasteiger partial charge in [0.25, 0.3) is 0 Å². The molecular weight excluding hydrogens is 1020 g/mol. The lowest BCUT2D eigenvalue weighted by atomic mass is 10.0. The highest BCUT2D eigenvalue weighted by atomic mass is 16.6. The zero-order valence-corrected chi connectivity index (χ0v) is 56.0. The Morgan fingerprint density at radius 2 is 0.434 bits per heavy atom. The zero-order chi connectivity index (χ0) is 59.9. The summed E-state index contributed by atoms with van der Waals surface area (Å²) in [6.45, 7) is 6.67. The second-order valence-corrected chi connectivity index (χ2v) is 25.2. The van der Waals surface area contributed by atoms with Crippen LogP contribution in [0.1, 0.15) is 406 Å². The maximum Gasteiger partial charge on any atom is 0.306 e. The van der Waals surface area contributed by atoms with E-state index in [1.165, 1.54) is 276 Å². The molecule has 0 aliphatic carbocycles. The maximum absolute atomic E-state index is 12.9. The molecule has 0 saturated heterocycles. The number of rotatable bonds is 69. The van der Waals surface area contributed by atoms with E-state index in [9.17, 15) is 14.4 Å². The summed E-state index contributed by atoms with van der Waals surface area (Å²) in [6, 6.07) is 0. The first kappa shape index (κ1) is 80.4. The minimum absolute atomic E-state index is 0.0774. The van der Waals surface area contributed by atoms with Gasteiger partial charge in [-0.05, 0) is 103 Å². The quantitative estimate of drug-likeness (QED) is 0.0261. The normalized spacial score (nSPS) is 12.3. The number of carbonyl (C=O) groups is 3. The molecule has 0 aliphatic rings. The molecule has 0 saturated carbocycles. The molecule has 83 heavy (non-hydrogen) atoms. The van der Waals surface area contributed by atoms with Gasteiger partial charge in [-0.2, -0.15) is 0 Å². The number of hydrogen-bond acceptors (Lipinski definition) is 6. The van der Waals surface area contributed by atoms with Gasteiger partial charge < -0.3 is 14.2 Å². The van der Waals surface area contributed by atoms with Crippen LogP contribution in [0.15, 0.2) is 48.6 Å². The van der Waals surface area contributed by atoms with Gasteiger partial charge in [-0.3, -0.25) is 14.4 Å². The van der Waals surface area contributed by atoms with E-state index in [0.29, 0.717) is 19.3 Å². The van der Waals surface area contributed by atoms with E-state index in [2.05, 4.69) is 69.4 Å². The summed E-state index contributed by atoms with van der Waals surface area (Å²) in [5.41, 5.74) is 0. The van der Waals surface area contributed by atoms with E-state index < -0.39 is 6.10 Å². The highest BCUT2D eigenvalue weighted by molar-refractivity contribution is 5.71. The zero-order valence-electron chi connectivity index (χ0n) is 56.0. The Morgan fingerprint density at radius 1 is 0.241 bits per heavy atom. The molecule has 1 unspecified atom stereocenters. The molecule has 0 heterocycles. The van der Waals surface area contributed by atoms with Crippen molar-refractivity contribution in [2.24, 2.45) is 0 Å². The predicted octanol–water partition coefficient (Wildman–Crippen LogP) is 25.7. The third-order valence-electron chi connectivity index (χ3n) is 16.8. The largest absolute Gasteiger partial charge is 0.462 e. The number of esters is 3. The van der Waals surface area contributed by atoms with Gasteiger partial charge in [-0.15, -0.1) is 0 Å². The van der Waals surface area contributed by atoms with Gasteiger partial charge in [0.15, 0.2) is 6.10 Å². The molecule has 0 bridgehead atoms. The smallest absolute Gasteiger partial charge is 0.306 e. The van der Waals surface area contributed by atoms with Crippen LogP contribution in [0.4, 0.5) is 0 Å². The second-order valence-electron chi connectivity index (χ2n) is 25.2. The number of carbonyl (C=O) groups excluding carboxylic acids is 3. The molecule has 486 valence electrons. The fourth-order valence-corrected chi connectivity index (χ4v) is 11.2. The van der Waals surface area contributed by atoms with Crippen LogP contribution in [-0.2, 0) is 28.6 Å². The molecule has 0 aromatic heterocycles. The molecule has 0 aromatic carbocycles. The summed E-state index contributed by atoms with van der Waals surface area (Å²) < 4.78 is 17.0. The van der Waals surface area contributed by atoms with Gasteiger partial charge in [-0.1, -0.05) is 333 Å². The highest BCUT2D eigenvalue weighted by Gasteiger charge is 2.19. The van der Waals surface area contributed by atoms with E-state index in [4.69, 9.17) is 14.2 Å². The summed E-state index contributed by atoms with van der Waals surface area (Å²) in [6.07, 6.45) is 91.6. The van der Waals surface area contributed by atoms with E-state index in [1.807, 2.05) is 0 Å². The SMILES string of the molecule is CCCCCC/C=C\C/C=C\CCCCCCCC(=O)OC(COC(=O)CCCCCCC/C=C\CCCCCCCCC)COC(=O)CCCCCCCCCCCCCCCCCCCCCCC/C=C\CCCCCCCCCC. The fraction of sp³-hybridized carbons (Fsp3) is 0.857. The Kier molecular flexibility index (Phi) is 69.6. The molecule has 0 fully saturated rings. The van der Waals surface area contributed by atoms with Crippen molar-refractivity contribution in [2.45, 2.75) is 412 Å². The van der Waals surface area contributed by atoms with Crippen LogP contribution < -0.4 is 0 Å². The minimum Gasteiger partial charge on any atom is -0.462 e. The second kappa shape index (κ2) is 71.8. The summed E-state index contributed by atoms with van der Waals surface area (Å²) in [5.74, 6) is -0.874. The predicted molar refractivity (Wildman–Crippen MR) is 362 cm³/mol. The van der Waals surface area contributed by atoms with Crippen LogP contribution in [0, 0.1) is 0 Å². The Morgan fingerprint density at radius 3 is 0.687 bits per heavy atom. The van der Waals surface area contributed by atoms with Crippen molar-refractivity contribution in [3.8, 4) is 0 Å². The van der Waals surface area contributed by atoms with Crippen molar-refractivity contribution >= 4 is 17.9 Å². The molecule has 6 heteroatoms. The third-order valence-corrected chi connectivity index (χ3v) is 16.8. The lowest BCUT2D eigenvalue weighted by Gasteiger charge is -2.18. The van der Waals surface area contributed by atoms with Gasteiger partial charge in [0.1, 0.15) is 13.2 Å². The lowest BCUT2D eigenvalue weighted by Crippen LogP contribution is -2.30. The molecule has 0 amide bonds. The molecule has 0 spiro atoms. The van der Waals surface area contributed by atoms with Gasteiger partial charge >= 0.3 is 17.9 Å². The van der Waals surface area contributed by atoms with Crippen molar-refractivity contribution in [1.29, 1.82) is 0 Å². The Hall–Kier alpha value is -2.63. The summed E-state index contributed by atoms with van der Waals surface area (Å²) >= 11 is 0. The number of allylic oxidation sites excluding steroid dienone is 8. The first-order valence-electron chi connectivity index (χ1n) is 37.1. The van der Waals surface area contributed by atoms with Crippen LogP contribution in [0.5, 0.6) is 0 Å². The van der Waals surface area contributed by atoms with Crippen LogP contribution in [0.3, 0.4) is 0 Å². The Balaban J connectivity index is 4.15. The summed E-state index contributed by atoms with van der Waals surface area (Å²) in [7, 11) is 0.